The second-order valence-corrected chi connectivity index (χ2v) is 10.8. The van der Waals surface area contributed by atoms with Crippen LogP contribution in [0.25, 0.3) is 21.7 Å². The molecule has 9 nitrogen and oxygen atoms in total. The minimum Gasteiger partial charge on any atom is -0.485 e. The molecule has 0 aliphatic carbocycles. The molecule has 1 fully saturated rings. The number of ketones is 1. The molecule has 0 radical (unpaired) electrons. The van der Waals surface area contributed by atoms with Crippen LogP contribution in [0.2, 0.25) is 5.02 Å². The quantitative estimate of drug-likeness (QED) is 0.220. The second kappa shape index (κ2) is 11.8. The number of β-amino-alcohol motifs (C(OH)–C–C–N with tert-alkyl or cyclic N) is 1. The molecule has 5 aromatic rings. The van der Waals surface area contributed by atoms with Crippen molar-refractivity contribution in [3.8, 4) is 17.2 Å². The van der Waals surface area contributed by atoms with Crippen LogP contribution >= 0.6 is 11.6 Å². The van der Waals surface area contributed by atoms with Gasteiger partial charge in [0.1, 0.15) is 17.2 Å². The van der Waals surface area contributed by atoms with Crippen molar-refractivity contribution in [3.63, 3.8) is 0 Å². The highest BCUT2D eigenvalue weighted by molar-refractivity contribution is 6.31. The average Bonchev–Trinajstić information content (AvgIpc) is 3.57. The Morgan fingerprint density at radius 2 is 1.90 bits per heavy atom. The van der Waals surface area contributed by atoms with Crippen LogP contribution in [0, 0.1) is 0 Å². The van der Waals surface area contributed by atoms with Gasteiger partial charge in [-0.1, -0.05) is 17.7 Å². The lowest BCUT2D eigenvalue weighted by Gasteiger charge is -2.16. The second-order valence-electron chi connectivity index (χ2n) is 10.4. The Hall–Kier alpha value is -4.44. The molecule has 42 heavy (non-hydrogen) atoms. The summed E-state index contributed by atoms with van der Waals surface area (Å²) in [6.07, 6.45) is 5.59. The molecule has 3 heterocycles. The van der Waals surface area contributed by atoms with Crippen molar-refractivity contribution in [2.75, 3.05) is 26.2 Å². The van der Waals surface area contributed by atoms with E-state index in [1.54, 1.807) is 42.7 Å². The van der Waals surface area contributed by atoms with Gasteiger partial charge in [0.25, 0.3) is 5.91 Å². The SMILES string of the molecule is NC(=O)c1cc2cc(Cl)ccc2cc1OCC(=O)c1cn(CCN2CC[C@@H](O)C2)c2cc(Oc3cccnc3)ccc12. The monoisotopic (exact) mass is 584 g/mol. The highest BCUT2D eigenvalue weighted by Crippen LogP contribution is 2.31. The fourth-order valence-electron chi connectivity index (χ4n) is 5.33. The number of likely N-dealkylation sites (tertiary alicyclic amines) is 1. The molecule has 6 rings (SSSR count). The van der Waals surface area contributed by atoms with E-state index in [9.17, 15) is 14.7 Å². The molecule has 0 unspecified atom stereocenters. The first-order valence-corrected chi connectivity index (χ1v) is 14.0. The van der Waals surface area contributed by atoms with E-state index in [4.69, 9.17) is 26.8 Å². The molecule has 2 aromatic heterocycles. The summed E-state index contributed by atoms with van der Waals surface area (Å²) in [5.41, 5.74) is 7.12. The van der Waals surface area contributed by atoms with Crippen LogP contribution in [0.15, 0.2) is 79.3 Å². The summed E-state index contributed by atoms with van der Waals surface area (Å²) in [5, 5.41) is 12.8. The van der Waals surface area contributed by atoms with Crippen LogP contribution in [0.5, 0.6) is 17.2 Å². The number of Topliss-reactive ketones (excluding diaryl/α,β-unsaturated/α-hetero) is 1. The molecule has 10 heteroatoms. The first kappa shape index (κ1) is 27.7. The maximum absolute atomic E-state index is 13.6. The van der Waals surface area contributed by atoms with E-state index in [0.29, 0.717) is 35.2 Å². The highest BCUT2D eigenvalue weighted by Gasteiger charge is 2.22. The smallest absolute Gasteiger partial charge is 0.252 e. The third kappa shape index (κ3) is 5.94. The van der Waals surface area contributed by atoms with Gasteiger partial charge in [-0.05, 0) is 65.7 Å². The van der Waals surface area contributed by atoms with Gasteiger partial charge in [-0.3, -0.25) is 19.5 Å². The number of nitrogens with two attached hydrogens (primary N) is 1. The maximum atomic E-state index is 13.6. The van der Waals surface area contributed by atoms with Crippen LogP contribution < -0.4 is 15.2 Å². The van der Waals surface area contributed by atoms with Crippen molar-refractivity contribution in [1.29, 1.82) is 0 Å². The minimum absolute atomic E-state index is 0.171. The van der Waals surface area contributed by atoms with Crippen molar-refractivity contribution >= 4 is 45.0 Å². The fourth-order valence-corrected chi connectivity index (χ4v) is 5.51. The number of nitrogens with zero attached hydrogens (tertiary/aromatic N) is 3. The molecule has 1 aliphatic rings. The van der Waals surface area contributed by atoms with Crippen molar-refractivity contribution in [1.82, 2.24) is 14.5 Å². The van der Waals surface area contributed by atoms with Gasteiger partial charge in [0.15, 0.2) is 6.61 Å². The zero-order chi connectivity index (χ0) is 29.2. The van der Waals surface area contributed by atoms with Crippen LogP contribution in [0.4, 0.5) is 0 Å². The molecule has 1 atom stereocenters. The molecule has 1 aliphatic heterocycles. The summed E-state index contributed by atoms with van der Waals surface area (Å²) in [6.45, 7) is 2.52. The van der Waals surface area contributed by atoms with Crippen LogP contribution in [0.1, 0.15) is 27.1 Å². The zero-order valence-corrected chi connectivity index (χ0v) is 23.5. The Morgan fingerprint density at radius 3 is 2.67 bits per heavy atom. The summed E-state index contributed by atoms with van der Waals surface area (Å²) in [6, 6.07) is 17.8. The lowest BCUT2D eigenvalue weighted by Crippen LogP contribution is -2.26. The number of fused-ring (bicyclic) bond motifs is 2. The molecule has 214 valence electrons. The normalized spacial score (nSPS) is 15.3. The topological polar surface area (TPSA) is 120 Å². The fraction of sp³-hybridized carbons (Fsp3) is 0.219. The molecular weight excluding hydrogens is 556 g/mol. The van der Waals surface area contributed by atoms with E-state index in [1.807, 2.05) is 41.1 Å². The van der Waals surface area contributed by atoms with E-state index < -0.39 is 5.91 Å². The Kier molecular flexibility index (Phi) is 7.80. The number of aliphatic hydroxyl groups excluding tert-OH is 1. The minimum atomic E-state index is -0.663. The number of rotatable bonds is 10. The Labute approximate surface area is 247 Å². The third-order valence-electron chi connectivity index (χ3n) is 7.45. The van der Waals surface area contributed by atoms with E-state index in [-0.39, 0.29) is 29.8 Å². The summed E-state index contributed by atoms with van der Waals surface area (Å²) >= 11 is 6.11. The Morgan fingerprint density at radius 1 is 1.02 bits per heavy atom. The molecule has 3 N–H and O–H groups in total. The van der Waals surface area contributed by atoms with Gasteiger partial charge in [0, 0.05) is 60.6 Å². The van der Waals surface area contributed by atoms with Gasteiger partial charge in [-0.25, -0.2) is 0 Å². The molecule has 1 amide bonds. The lowest BCUT2D eigenvalue weighted by molar-refractivity contribution is 0.0913. The van der Waals surface area contributed by atoms with Gasteiger partial charge in [-0.2, -0.15) is 0 Å². The number of aliphatic hydroxyl groups is 1. The van der Waals surface area contributed by atoms with E-state index in [1.165, 1.54) is 0 Å². The largest absolute Gasteiger partial charge is 0.485 e. The number of carbonyl (C=O) groups excluding carboxylic acids is 2. The molecule has 0 spiro atoms. The summed E-state index contributed by atoms with van der Waals surface area (Å²) in [4.78, 5) is 32.1. The number of benzene rings is 3. The number of pyridine rings is 1. The van der Waals surface area contributed by atoms with Crippen LogP contribution in [-0.2, 0) is 6.54 Å². The molecular formula is C32H29ClN4O5. The standard InChI is InChI=1S/C32H29ClN4O5/c33-22-4-3-20-14-31(27(32(34)40)13-21(20)12-22)41-19-30(39)28-18-37(11-10-36-9-7-23(38)17-36)29-15-24(5-6-26(28)29)42-25-2-1-8-35-16-25/h1-6,8,12-16,18,23,38H,7,9-11,17,19H2,(H2,34,40)/t23-/m1/s1. The number of aromatic nitrogens is 2. The number of primary amides is 1. The molecule has 0 bridgehead atoms. The number of carbonyl (C=O) groups is 2. The van der Waals surface area contributed by atoms with Gasteiger partial charge in [0.05, 0.1) is 23.4 Å². The van der Waals surface area contributed by atoms with Crippen molar-refractivity contribution in [2.45, 2.75) is 19.1 Å². The third-order valence-corrected chi connectivity index (χ3v) is 7.69. The van der Waals surface area contributed by atoms with Gasteiger partial charge in [0.2, 0.25) is 5.78 Å². The van der Waals surface area contributed by atoms with Gasteiger partial charge < -0.3 is 24.9 Å². The van der Waals surface area contributed by atoms with E-state index >= 15 is 0 Å². The van der Waals surface area contributed by atoms with Gasteiger partial charge in [-0.15, -0.1) is 0 Å². The lowest BCUT2D eigenvalue weighted by atomic mass is 10.1. The first-order chi connectivity index (χ1) is 20.3. The van der Waals surface area contributed by atoms with Crippen LogP contribution in [-0.4, -0.2) is 63.6 Å². The molecule has 3 aromatic carbocycles. The zero-order valence-electron chi connectivity index (χ0n) is 22.7. The van der Waals surface area contributed by atoms with Crippen molar-refractivity contribution < 1.29 is 24.2 Å². The number of hydrogen-bond acceptors (Lipinski definition) is 7. The van der Waals surface area contributed by atoms with Crippen molar-refractivity contribution in [2.24, 2.45) is 5.73 Å². The van der Waals surface area contributed by atoms with Crippen molar-refractivity contribution in [3.05, 3.63) is 95.4 Å². The number of halogens is 1. The first-order valence-electron chi connectivity index (χ1n) is 13.6. The predicted octanol–water partition coefficient (Wildman–Crippen LogP) is 5.06. The molecule has 1 saturated heterocycles. The number of ether oxygens (including phenoxy) is 2. The summed E-state index contributed by atoms with van der Waals surface area (Å²) in [5.74, 6) is 0.541. The predicted molar refractivity (Wildman–Crippen MR) is 161 cm³/mol. The average molecular weight is 585 g/mol. The highest BCUT2D eigenvalue weighted by atomic mass is 35.5. The Balaban J connectivity index is 1.28. The van der Waals surface area contributed by atoms with Crippen LogP contribution in [0.3, 0.4) is 0 Å². The Bertz CT molecular complexity index is 1790. The number of hydrogen-bond donors (Lipinski definition) is 2. The maximum Gasteiger partial charge on any atom is 0.252 e. The number of amides is 1. The van der Waals surface area contributed by atoms with E-state index in [0.717, 1.165) is 41.2 Å². The van der Waals surface area contributed by atoms with Gasteiger partial charge >= 0.3 is 0 Å². The summed E-state index contributed by atoms with van der Waals surface area (Å²) < 4.78 is 13.9. The summed E-state index contributed by atoms with van der Waals surface area (Å²) in [7, 11) is 0. The van der Waals surface area contributed by atoms with E-state index in [2.05, 4.69) is 9.88 Å². The molecule has 0 saturated carbocycles.